The Labute approximate surface area is 940 Å². The summed E-state index contributed by atoms with van der Waals surface area (Å²) in [5.41, 5.74) is 20.3. The van der Waals surface area contributed by atoms with E-state index in [-0.39, 0.29) is 75.0 Å². The summed E-state index contributed by atoms with van der Waals surface area (Å²) >= 11 is 0. The van der Waals surface area contributed by atoms with E-state index >= 15 is 0 Å². The van der Waals surface area contributed by atoms with Crippen LogP contribution in [0.5, 0.6) is 0 Å². The van der Waals surface area contributed by atoms with Crippen LogP contribution in [0.25, 0.3) is 65.3 Å². The molecular weight excluding hydrogens is 2050 g/mol. The molecule has 0 N–H and O–H groups in total. The van der Waals surface area contributed by atoms with Gasteiger partial charge < -0.3 is 0 Å². The van der Waals surface area contributed by atoms with Crippen LogP contribution in [-0.2, 0) is 75.9 Å². The second-order valence-electron chi connectivity index (χ2n) is 45.3. The molecule has 149 heavy (non-hydrogen) atoms. The molecule has 782 valence electrons. The fraction of sp³-hybridized carbons (Fsp3) is 0.410. The van der Waals surface area contributed by atoms with Crippen molar-refractivity contribution in [3.8, 4) is 22.3 Å². The minimum Gasteiger partial charge on any atom is -0.0983 e. The van der Waals surface area contributed by atoms with Gasteiger partial charge in [0.05, 0.1) is 0 Å². The molecule has 8 aliphatic carbocycles. The van der Waals surface area contributed by atoms with Gasteiger partial charge in [-0.3, -0.25) is 0 Å². The molecule has 10 aliphatic rings. The van der Waals surface area contributed by atoms with Crippen molar-refractivity contribution in [2.75, 3.05) is 0 Å². The van der Waals surface area contributed by atoms with Crippen molar-refractivity contribution in [3.63, 3.8) is 0 Å². The van der Waals surface area contributed by atoms with Gasteiger partial charge in [0.1, 0.15) is 0 Å². The topological polar surface area (TPSA) is 0 Å². The molecular formula is C139H167Fe3P7. The summed E-state index contributed by atoms with van der Waals surface area (Å²) in [5, 5.41) is 23.5. The van der Waals surface area contributed by atoms with E-state index in [0.29, 0.717) is 15.8 Å². The molecule has 25 rings (SSSR count). The molecule has 0 spiro atoms. The van der Waals surface area contributed by atoms with E-state index in [1.807, 2.05) is 0 Å². The van der Waals surface area contributed by atoms with Crippen LogP contribution in [-0.4, -0.2) is 50.9 Å². The average Bonchev–Trinajstić information content (AvgIpc) is 1.70. The Morgan fingerprint density at radius 2 is 0.409 bits per heavy atom. The van der Waals surface area contributed by atoms with Gasteiger partial charge in [0.15, 0.2) is 0 Å². The van der Waals surface area contributed by atoms with Crippen LogP contribution in [0.15, 0.2) is 352 Å². The predicted molar refractivity (Wildman–Crippen MR) is 660 cm³/mol. The van der Waals surface area contributed by atoms with Crippen molar-refractivity contribution in [2.45, 2.75) is 331 Å². The first-order valence-corrected chi connectivity index (χ1v) is 68.4. The first-order valence-electron chi connectivity index (χ1n) is 57.6. The smallest absolute Gasteiger partial charge is 0 e. The van der Waals surface area contributed by atoms with Crippen molar-refractivity contribution in [1.29, 1.82) is 0 Å². The molecule has 6 unspecified atom stereocenters. The van der Waals surface area contributed by atoms with E-state index in [9.17, 15) is 0 Å². The van der Waals surface area contributed by atoms with E-state index in [2.05, 4.69) is 414 Å². The second-order valence-corrected chi connectivity index (χ2v) is 64.4. The Morgan fingerprint density at radius 1 is 0.201 bits per heavy atom. The van der Waals surface area contributed by atoms with Crippen molar-refractivity contribution in [1.82, 2.24) is 0 Å². The van der Waals surface area contributed by atoms with E-state index in [0.717, 1.165) is 105 Å². The molecule has 0 aromatic heterocycles. The first kappa shape index (κ1) is 115. The van der Waals surface area contributed by atoms with Gasteiger partial charge in [0.25, 0.3) is 0 Å². The SMILES string of the molecule is C1CCCC1.C1CCCC1.CC(C)P(C(C)C)C1CCCC1.CC(C)P(C(C)C)C1CCCC1.C[C@@H]1CCCC1C1CCC[C@H]1P(c1ccccc1)c1ccccc1.[Fe].[Fe].[Fe].c1ccc(P(c2ccccc2)C2CCCC2C2CCCC2P(c2ccccc2)c2ccccc2)cc1.c1ccc(P2Cc3ccc4ccccc4c3-c3c(ccc4ccccc34)C2)c(P2Cc3ccc4ccccc4c3-c3c(ccc4ccccc34)C2)c1. The predicted octanol–water partition coefficient (Wildman–Crippen LogP) is 38.9. The van der Waals surface area contributed by atoms with Crippen LogP contribution >= 0.6 is 55.5 Å². The molecule has 2 heterocycles. The van der Waals surface area contributed by atoms with Gasteiger partial charge in [-0.05, 0) is 330 Å². The van der Waals surface area contributed by atoms with E-state index < -0.39 is 15.8 Å². The number of hydrogen-bond donors (Lipinski definition) is 0. The van der Waals surface area contributed by atoms with Gasteiger partial charge in [0, 0.05) is 51.2 Å². The van der Waals surface area contributed by atoms with Gasteiger partial charge in [-0.25, -0.2) is 0 Å². The van der Waals surface area contributed by atoms with Crippen LogP contribution in [0.1, 0.15) is 277 Å². The summed E-state index contributed by atoms with van der Waals surface area (Å²) in [4.78, 5) is 0. The van der Waals surface area contributed by atoms with Gasteiger partial charge in [-0.2, -0.15) is 0 Å². The fourth-order valence-electron chi connectivity index (χ4n) is 28.6. The summed E-state index contributed by atoms with van der Waals surface area (Å²) in [5.74, 6) is 4.55. The molecule has 0 amide bonds. The molecule has 0 radical (unpaired) electrons. The fourth-order valence-corrected chi connectivity index (χ4v) is 51.9. The Morgan fingerprint density at radius 3 is 0.638 bits per heavy atom. The van der Waals surface area contributed by atoms with Gasteiger partial charge in [0.2, 0.25) is 0 Å². The molecule has 8 atom stereocenters. The molecule has 0 bridgehead atoms. The molecule has 8 fully saturated rings. The van der Waals surface area contributed by atoms with Gasteiger partial charge >= 0.3 is 0 Å². The third kappa shape index (κ3) is 28.4. The third-order valence-corrected chi connectivity index (χ3v) is 56.5. The molecule has 0 nitrogen and oxygen atoms in total. The van der Waals surface area contributed by atoms with E-state index in [4.69, 9.17) is 0 Å². The third-order valence-electron chi connectivity index (χ3n) is 34.8. The minimum atomic E-state index is -0.507. The summed E-state index contributed by atoms with van der Waals surface area (Å²) in [6, 6.07) is 134. The quantitative estimate of drug-likeness (QED) is 0.0559. The zero-order chi connectivity index (χ0) is 100. The van der Waals surface area contributed by atoms with Crippen molar-refractivity contribution in [3.05, 3.63) is 374 Å². The zero-order valence-corrected chi connectivity index (χ0v) is 100. The van der Waals surface area contributed by atoms with Crippen LogP contribution in [0.2, 0.25) is 0 Å². The minimum absolute atomic E-state index is 0. The number of rotatable bonds is 19. The Kier molecular flexibility index (Phi) is 44.7. The van der Waals surface area contributed by atoms with Crippen LogP contribution < -0.4 is 42.4 Å². The standard InChI is InChI=1S/C50H36P2.C34H36P2.C23H29P.2C11H23P.2C5H10.3Fe/c1-5-15-41-33(11-1)21-25-37-29-51(30-38-26-22-34-12-2-6-16-42(34)48(38)47(37)41)45-19-9-10-20-46(45)52-31-39-27-23-35-13-3-7-17-43(35)49(39)50-40(32-52)28-24-36-14-4-8-18-44(36)50;1-5-15-27(16-6-1)35(28-17-7-2-8-18-28)33-25-13-23-31(33)32-24-14-26-34(32)36(29-19-9-3-10-20-29)30-21-11-4-12-22-30;1-18-10-8-15-21(18)22-16-9-17-23(22)24(19-11-4-2-5-12-19)20-13-6-3-7-14-20;2*1-9(2)12(10(3)4)11-7-5-6-8-11;2*1-2-4-5-3-1;;;/h1-28H,29-32H2;1-12,15-22,31-34H,13-14,23-26H2;2-7,11-14,18,21-23H,8-10,15-17H2,1H3;2*9-11H,5-8H2,1-4H3;2*1-5H2;;;/t;;18-,21?,22?,23-;;;;;;;/m..1......./s1. The molecule has 10 heteroatoms. The largest absolute Gasteiger partial charge is 0.0983 e. The summed E-state index contributed by atoms with van der Waals surface area (Å²) in [6.07, 6.45) is 48.7. The molecule has 15 aromatic rings. The summed E-state index contributed by atoms with van der Waals surface area (Å²) in [6.45, 7) is 21.9. The van der Waals surface area contributed by atoms with E-state index in [1.165, 1.54) is 280 Å². The summed E-state index contributed by atoms with van der Waals surface area (Å²) < 4.78 is 0. The Balaban J connectivity index is 0.000000141. The van der Waals surface area contributed by atoms with Crippen LogP contribution in [0.3, 0.4) is 0 Å². The monoisotopic (exact) mass is 2220 g/mol. The maximum absolute atomic E-state index is 2.51. The van der Waals surface area contributed by atoms with Crippen molar-refractivity contribution in [2.24, 2.45) is 29.6 Å². The van der Waals surface area contributed by atoms with Crippen LogP contribution in [0, 0.1) is 29.6 Å². The molecule has 8 saturated carbocycles. The zero-order valence-electron chi connectivity index (χ0n) is 90.8. The average molecular weight is 2220 g/mol. The van der Waals surface area contributed by atoms with Crippen molar-refractivity contribution >= 4 is 141 Å². The first-order chi connectivity index (χ1) is 71.8. The Bertz CT molecular complexity index is 5910. The second kappa shape index (κ2) is 57.7. The van der Waals surface area contributed by atoms with Gasteiger partial charge in [-0.15, -0.1) is 0 Å². The molecule has 0 saturated heterocycles. The normalized spacial score (nSPS) is 20.6. The number of benzene rings is 15. The van der Waals surface area contributed by atoms with Gasteiger partial charge in [-0.1, -0.05) is 568 Å². The maximum Gasteiger partial charge on any atom is 0 e. The van der Waals surface area contributed by atoms with E-state index in [1.54, 1.807) is 42.4 Å². The van der Waals surface area contributed by atoms with Crippen LogP contribution in [0.4, 0.5) is 0 Å². The number of hydrogen-bond acceptors (Lipinski definition) is 0. The van der Waals surface area contributed by atoms with Crippen molar-refractivity contribution < 1.29 is 51.2 Å². The maximum atomic E-state index is 2.51. The molecule has 15 aromatic carbocycles. The Hall–Kier alpha value is -6.09. The number of fused-ring (bicyclic) bond motifs is 14. The summed E-state index contributed by atoms with van der Waals surface area (Å²) in [7, 11) is -1.29. The molecule has 2 aliphatic heterocycles.